The SMILES string of the molecule is CC.ONc1ccc2c(c1)B(O)OCC2. The van der Waals surface area contributed by atoms with Gasteiger partial charge in [-0.2, -0.15) is 0 Å². The van der Waals surface area contributed by atoms with Gasteiger partial charge in [-0.15, -0.1) is 0 Å². The van der Waals surface area contributed by atoms with Crippen LogP contribution in [0.3, 0.4) is 0 Å². The Morgan fingerprint density at radius 1 is 1.40 bits per heavy atom. The Balaban J connectivity index is 0.000000531. The second-order valence-corrected chi connectivity index (χ2v) is 3.00. The van der Waals surface area contributed by atoms with Crippen molar-refractivity contribution in [1.29, 1.82) is 0 Å². The van der Waals surface area contributed by atoms with E-state index in [1.165, 1.54) is 0 Å². The van der Waals surface area contributed by atoms with Crippen LogP contribution in [0.2, 0.25) is 0 Å². The van der Waals surface area contributed by atoms with Crippen LogP contribution < -0.4 is 10.9 Å². The smallest absolute Gasteiger partial charge is 0.423 e. The number of hydrogen-bond donors (Lipinski definition) is 3. The van der Waals surface area contributed by atoms with Crippen molar-refractivity contribution < 1.29 is 14.9 Å². The van der Waals surface area contributed by atoms with E-state index < -0.39 is 7.12 Å². The Labute approximate surface area is 90.0 Å². The third-order valence-corrected chi connectivity index (χ3v) is 2.19. The molecular weight excluding hydrogens is 193 g/mol. The van der Waals surface area contributed by atoms with Gasteiger partial charge in [0.2, 0.25) is 0 Å². The van der Waals surface area contributed by atoms with Crippen molar-refractivity contribution in [3.05, 3.63) is 23.8 Å². The summed E-state index contributed by atoms with van der Waals surface area (Å²) in [6.07, 6.45) is 0.804. The molecule has 0 fully saturated rings. The molecular formula is C10H16BNO3. The summed E-state index contributed by atoms with van der Waals surface area (Å²) in [7, 11) is -0.864. The maximum absolute atomic E-state index is 9.45. The Kier molecular flexibility index (Phi) is 4.61. The molecule has 0 spiro atoms. The van der Waals surface area contributed by atoms with Gasteiger partial charge in [0.25, 0.3) is 0 Å². The lowest BCUT2D eigenvalue weighted by atomic mass is 9.73. The van der Waals surface area contributed by atoms with E-state index in [1.54, 1.807) is 12.1 Å². The quantitative estimate of drug-likeness (QED) is 0.472. The highest BCUT2D eigenvalue weighted by Crippen LogP contribution is 2.11. The van der Waals surface area contributed by atoms with Gasteiger partial charge < -0.3 is 9.68 Å². The number of benzene rings is 1. The summed E-state index contributed by atoms with van der Waals surface area (Å²) in [4.78, 5) is 0. The van der Waals surface area contributed by atoms with E-state index in [4.69, 9.17) is 9.86 Å². The maximum Gasteiger partial charge on any atom is 0.491 e. The molecule has 3 N–H and O–H groups in total. The van der Waals surface area contributed by atoms with Gasteiger partial charge in [0.15, 0.2) is 0 Å². The summed E-state index contributed by atoms with van der Waals surface area (Å²) in [5.74, 6) is 0. The zero-order valence-electron chi connectivity index (χ0n) is 9.03. The van der Waals surface area contributed by atoms with Crippen LogP contribution in [-0.2, 0) is 11.1 Å². The first kappa shape index (κ1) is 12.0. The molecule has 1 heterocycles. The maximum atomic E-state index is 9.45. The molecule has 15 heavy (non-hydrogen) atoms. The Bertz CT molecular complexity index is 320. The number of anilines is 1. The minimum atomic E-state index is -0.864. The molecule has 0 aliphatic carbocycles. The van der Waals surface area contributed by atoms with Gasteiger partial charge >= 0.3 is 7.12 Å². The molecule has 0 saturated carbocycles. The van der Waals surface area contributed by atoms with Gasteiger partial charge in [-0.1, -0.05) is 19.9 Å². The Morgan fingerprint density at radius 2 is 2.13 bits per heavy atom. The molecule has 0 unspecified atom stereocenters. The van der Waals surface area contributed by atoms with Crippen molar-refractivity contribution in [2.24, 2.45) is 0 Å². The fourth-order valence-corrected chi connectivity index (χ4v) is 1.49. The van der Waals surface area contributed by atoms with Crippen molar-refractivity contribution >= 4 is 18.3 Å². The second-order valence-electron chi connectivity index (χ2n) is 3.00. The number of nitrogens with one attached hydrogen (secondary N) is 1. The first-order chi connectivity index (χ1) is 7.31. The van der Waals surface area contributed by atoms with E-state index in [1.807, 2.05) is 25.4 Å². The van der Waals surface area contributed by atoms with E-state index >= 15 is 0 Å². The minimum Gasteiger partial charge on any atom is -0.423 e. The van der Waals surface area contributed by atoms with Crippen molar-refractivity contribution in [3.8, 4) is 0 Å². The van der Waals surface area contributed by atoms with Crippen LogP contribution in [0, 0.1) is 0 Å². The lowest BCUT2D eigenvalue weighted by Gasteiger charge is -2.19. The fraction of sp³-hybridized carbons (Fsp3) is 0.400. The highest BCUT2D eigenvalue weighted by Gasteiger charge is 2.24. The number of fused-ring (bicyclic) bond motifs is 1. The predicted octanol–water partition coefficient (Wildman–Crippen LogP) is 0.774. The summed E-state index contributed by atoms with van der Waals surface area (Å²) in [6, 6.07) is 5.32. The fourth-order valence-electron chi connectivity index (χ4n) is 1.49. The molecule has 82 valence electrons. The molecule has 5 heteroatoms. The number of hydrogen-bond acceptors (Lipinski definition) is 4. The zero-order valence-corrected chi connectivity index (χ0v) is 9.03. The standard InChI is InChI=1S/C8H10BNO3.C2H6/c11-9-8-5-7(10-12)2-1-6(8)3-4-13-9;1-2/h1-2,5,10-12H,3-4H2;1-2H3. The first-order valence-corrected chi connectivity index (χ1v) is 5.14. The molecule has 1 aromatic carbocycles. The van der Waals surface area contributed by atoms with Crippen LogP contribution >= 0.6 is 0 Å². The topological polar surface area (TPSA) is 61.7 Å². The van der Waals surface area contributed by atoms with Crippen LogP contribution in [0.25, 0.3) is 0 Å². The molecule has 1 aromatic rings. The van der Waals surface area contributed by atoms with Crippen LogP contribution in [0.1, 0.15) is 19.4 Å². The van der Waals surface area contributed by atoms with Crippen molar-refractivity contribution in [1.82, 2.24) is 0 Å². The highest BCUT2D eigenvalue weighted by molar-refractivity contribution is 6.61. The summed E-state index contributed by atoms with van der Waals surface area (Å²) < 4.78 is 5.05. The summed E-state index contributed by atoms with van der Waals surface area (Å²) in [5.41, 5.74) is 4.38. The molecule has 0 saturated heterocycles. The van der Waals surface area contributed by atoms with E-state index in [0.29, 0.717) is 12.3 Å². The lowest BCUT2D eigenvalue weighted by molar-refractivity contribution is 0.266. The van der Waals surface area contributed by atoms with Crippen molar-refractivity contribution in [2.45, 2.75) is 20.3 Å². The molecule has 0 radical (unpaired) electrons. The van der Waals surface area contributed by atoms with E-state index in [9.17, 15) is 5.02 Å². The van der Waals surface area contributed by atoms with Gasteiger partial charge in [0, 0.05) is 6.61 Å². The largest absolute Gasteiger partial charge is 0.491 e. The Morgan fingerprint density at radius 3 is 2.80 bits per heavy atom. The van der Waals surface area contributed by atoms with Gasteiger partial charge in [0.1, 0.15) is 0 Å². The molecule has 1 aliphatic heterocycles. The lowest BCUT2D eigenvalue weighted by Crippen LogP contribution is -2.41. The van der Waals surface area contributed by atoms with E-state index in [-0.39, 0.29) is 0 Å². The predicted molar refractivity (Wildman–Crippen MR) is 60.5 cm³/mol. The molecule has 0 bridgehead atoms. The summed E-state index contributed by atoms with van der Waals surface area (Å²) in [6.45, 7) is 4.54. The molecule has 2 rings (SSSR count). The normalized spacial score (nSPS) is 13.7. The third-order valence-electron chi connectivity index (χ3n) is 2.19. The van der Waals surface area contributed by atoms with Crippen LogP contribution in [0.5, 0.6) is 0 Å². The first-order valence-electron chi connectivity index (χ1n) is 5.14. The molecule has 0 atom stereocenters. The van der Waals surface area contributed by atoms with Gasteiger partial charge in [0.05, 0.1) is 5.69 Å². The zero-order chi connectivity index (χ0) is 11.3. The Hall–Kier alpha value is -1.04. The van der Waals surface area contributed by atoms with E-state index in [2.05, 4.69) is 0 Å². The molecule has 0 amide bonds. The minimum absolute atomic E-state index is 0.542. The van der Waals surface area contributed by atoms with Crippen molar-refractivity contribution in [3.63, 3.8) is 0 Å². The van der Waals surface area contributed by atoms with Crippen LogP contribution in [0.15, 0.2) is 18.2 Å². The monoisotopic (exact) mass is 209 g/mol. The van der Waals surface area contributed by atoms with Gasteiger partial charge in [-0.3, -0.25) is 10.7 Å². The molecule has 1 aliphatic rings. The summed E-state index contributed by atoms with van der Waals surface area (Å²) in [5, 5.41) is 18.1. The van der Waals surface area contributed by atoms with Crippen LogP contribution in [0.4, 0.5) is 5.69 Å². The molecule has 4 nitrogen and oxygen atoms in total. The average molecular weight is 209 g/mol. The molecule has 0 aromatic heterocycles. The summed E-state index contributed by atoms with van der Waals surface area (Å²) >= 11 is 0. The van der Waals surface area contributed by atoms with E-state index in [0.717, 1.165) is 17.4 Å². The van der Waals surface area contributed by atoms with Gasteiger partial charge in [-0.05, 0) is 29.6 Å². The second kappa shape index (κ2) is 5.75. The average Bonchev–Trinajstić information content (AvgIpc) is 2.32. The van der Waals surface area contributed by atoms with Gasteiger partial charge in [-0.25, -0.2) is 0 Å². The van der Waals surface area contributed by atoms with Crippen LogP contribution in [-0.4, -0.2) is 24.0 Å². The third kappa shape index (κ3) is 2.71. The highest BCUT2D eigenvalue weighted by atomic mass is 16.5. The number of rotatable bonds is 1. The van der Waals surface area contributed by atoms with Crippen molar-refractivity contribution in [2.75, 3.05) is 12.1 Å².